The summed E-state index contributed by atoms with van der Waals surface area (Å²) in [7, 11) is 0. The second kappa shape index (κ2) is 6.83. The quantitative estimate of drug-likeness (QED) is 0.612. The first-order valence-electron chi connectivity index (χ1n) is 5.90. The molecule has 3 heteroatoms. The Morgan fingerprint density at radius 3 is 2.40 bits per heavy atom. The zero-order valence-electron chi connectivity index (χ0n) is 10.5. The van der Waals surface area contributed by atoms with Gasteiger partial charge in [-0.25, -0.2) is 0 Å². The number of carboxylic acids is 1. The Labute approximate surface area is 93.3 Å². The van der Waals surface area contributed by atoms with Crippen LogP contribution in [0.15, 0.2) is 0 Å². The van der Waals surface area contributed by atoms with E-state index in [4.69, 9.17) is 0 Å². The van der Waals surface area contributed by atoms with Crippen LogP contribution < -0.4 is 5.32 Å². The molecule has 0 aromatic rings. The van der Waals surface area contributed by atoms with Crippen LogP contribution in [0.4, 0.5) is 0 Å². The Kier molecular flexibility index (Phi) is 6.57. The van der Waals surface area contributed by atoms with E-state index in [0.29, 0.717) is 12.3 Å². The molecule has 0 aromatic heterocycles. The van der Waals surface area contributed by atoms with Crippen LogP contribution in [0, 0.1) is 5.92 Å². The van der Waals surface area contributed by atoms with Crippen LogP contribution in [0.2, 0.25) is 0 Å². The molecule has 0 heterocycles. The van der Waals surface area contributed by atoms with E-state index < -0.39 is 11.5 Å². The van der Waals surface area contributed by atoms with E-state index in [1.165, 1.54) is 0 Å². The number of rotatable bonds is 8. The van der Waals surface area contributed by atoms with Crippen LogP contribution >= 0.6 is 0 Å². The molecular weight excluding hydrogens is 190 g/mol. The van der Waals surface area contributed by atoms with Crippen molar-refractivity contribution in [1.29, 1.82) is 0 Å². The van der Waals surface area contributed by atoms with Gasteiger partial charge in [-0.2, -0.15) is 0 Å². The first kappa shape index (κ1) is 14.4. The molecule has 0 aliphatic rings. The topological polar surface area (TPSA) is 49.3 Å². The molecule has 3 nitrogen and oxygen atoms in total. The summed E-state index contributed by atoms with van der Waals surface area (Å²) >= 11 is 0. The summed E-state index contributed by atoms with van der Waals surface area (Å²) in [6.07, 6.45) is 3.92. The molecule has 0 saturated carbocycles. The number of hydrogen-bond donors (Lipinski definition) is 2. The van der Waals surface area contributed by atoms with Crippen molar-refractivity contribution in [2.24, 2.45) is 5.92 Å². The Bertz CT molecular complexity index is 192. The molecule has 0 aromatic carbocycles. The van der Waals surface area contributed by atoms with Crippen LogP contribution in [0.1, 0.15) is 53.4 Å². The molecule has 0 bridgehead atoms. The highest BCUT2D eigenvalue weighted by Gasteiger charge is 2.31. The van der Waals surface area contributed by atoms with Gasteiger partial charge >= 0.3 is 5.97 Å². The van der Waals surface area contributed by atoms with Crippen molar-refractivity contribution in [2.45, 2.75) is 58.9 Å². The maximum Gasteiger partial charge on any atom is 0.323 e. The van der Waals surface area contributed by atoms with E-state index in [2.05, 4.69) is 26.1 Å². The van der Waals surface area contributed by atoms with Crippen molar-refractivity contribution in [3.8, 4) is 0 Å². The predicted octanol–water partition coefficient (Wildman–Crippen LogP) is 2.66. The molecule has 1 atom stereocenters. The van der Waals surface area contributed by atoms with Crippen molar-refractivity contribution >= 4 is 5.97 Å². The molecule has 0 aliphatic heterocycles. The molecule has 0 amide bonds. The van der Waals surface area contributed by atoms with Crippen LogP contribution in [-0.2, 0) is 4.79 Å². The molecular formula is C12H25NO2. The van der Waals surface area contributed by atoms with Crippen LogP contribution in [-0.4, -0.2) is 23.2 Å². The third-order valence-corrected chi connectivity index (χ3v) is 2.65. The van der Waals surface area contributed by atoms with Crippen molar-refractivity contribution in [2.75, 3.05) is 6.54 Å². The smallest absolute Gasteiger partial charge is 0.323 e. The fraction of sp³-hybridized carbons (Fsp3) is 0.917. The normalized spacial score (nSPS) is 15.3. The molecule has 0 radical (unpaired) electrons. The van der Waals surface area contributed by atoms with Gasteiger partial charge in [-0.05, 0) is 25.8 Å². The SMILES string of the molecule is CCCCCC(C)(NCC(C)C)C(=O)O. The van der Waals surface area contributed by atoms with Crippen molar-refractivity contribution < 1.29 is 9.90 Å². The average molecular weight is 215 g/mol. The van der Waals surface area contributed by atoms with Gasteiger partial charge in [0.1, 0.15) is 5.54 Å². The molecule has 2 N–H and O–H groups in total. The summed E-state index contributed by atoms with van der Waals surface area (Å²) in [5.74, 6) is -0.255. The van der Waals surface area contributed by atoms with E-state index in [0.717, 1.165) is 25.8 Å². The fourth-order valence-electron chi connectivity index (χ4n) is 1.43. The van der Waals surface area contributed by atoms with Crippen LogP contribution in [0.25, 0.3) is 0 Å². The summed E-state index contributed by atoms with van der Waals surface area (Å²) < 4.78 is 0. The third-order valence-electron chi connectivity index (χ3n) is 2.65. The van der Waals surface area contributed by atoms with Gasteiger partial charge in [0.05, 0.1) is 0 Å². The molecule has 1 unspecified atom stereocenters. The van der Waals surface area contributed by atoms with Crippen molar-refractivity contribution in [3.63, 3.8) is 0 Å². The minimum Gasteiger partial charge on any atom is -0.480 e. The molecule has 0 saturated heterocycles. The summed E-state index contributed by atoms with van der Waals surface area (Å²) in [6.45, 7) is 8.84. The van der Waals surface area contributed by atoms with Crippen molar-refractivity contribution in [3.05, 3.63) is 0 Å². The van der Waals surface area contributed by atoms with E-state index in [1.807, 2.05) is 0 Å². The number of carbonyl (C=O) groups is 1. The highest BCUT2D eigenvalue weighted by molar-refractivity contribution is 5.78. The molecule has 0 spiro atoms. The van der Waals surface area contributed by atoms with Crippen LogP contribution in [0.3, 0.4) is 0 Å². The van der Waals surface area contributed by atoms with Gasteiger partial charge in [-0.1, -0.05) is 40.0 Å². The summed E-state index contributed by atoms with van der Waals surface area (Å²) in [6, 6.07) is 0. The first-order chi connectivity index (χ1) is 6.92. The summed E-state index contributed by atoms with van der Waals surface area (Å²) in [4.78, 5) is 11.2. The summed E-state index contributed by atoms with van der Waals surface area (Å²) in [5.41, 5.74) is -0.751. The number of aliphatic carboxylic acids is 1. The Morgan fingerprint density at radius 1 is 1.40 bits per heavy atom. The number of carboxylic acid groups (broad SMARTS) is 1. The second-order valence-corrected chi connectivity index (χ2v) is 4.87. The highest BCUT2D eigenvalue weighted by atomic mass is 16.4. The maximum atomic E-state index is 11.2. The lowest BCUT2D eigenvalue weighted by molar-refractivity contribution is -0.144. The lowest BCUT2D eigenvalue weighted by atomic mass is 9.94. The zero-order chi connectivity index (χ0) is 11.9. The van der Waals surface area contributed by atoms with E-state index >= 15 is 0 Å². The second-order valence-electron chi connectivity index (χ2n) is 4.87. The van der Waals surface area contributed by atoms with Gasteiger partial charge in [0.15, 0.2) is 0 Å². The maximum absolute atomic E-state index is 11.2. The Morgan fingerprint density at radius 2 is 2.00 bits per heavy atom. The lowest BCUT2D eigenvalue weighted by Crippen LogP contribution is -2.50. The van der Waals surface area contributed by atoms with E-state index in [9.17, 15) is 9.90 Å². The molecule has 0 rings (SSSR count). The summed E-state index contributed by atoms with van der Waals surface area (Å²) in [5, 5.41) is 12.3. The monoisotopic (exact) mass is 215 g/mol. The highest BCUT2D eigenvalue weighted by Crippen LogP contribution is 2.15. The van der Waals surface area contributed by atoms with Gasteiger partial charge in [-0.3, -0.25) is 4.79 Å². The Hall–Kier alpha value is -0.570. The number of hydrogen-bond acceptors (Lipinski definition) is 2. The minimum absolute atomic E-state index is 0.481. The van der Waals surface area contributed by atoms with E-state index in [1.54, 1.807) is 6.92 Å². The largest absolute Gasteiger partial charge is 0.480 e. The molecule has 15 heavy (non-hydrogen) atoms. The first-order valence-corrected chi connectivity index (χ1v) is 5.90. The lowest BCUT2D eigenvalue weighted by Gasteiger charge is -2.27. The standard InChI is InChI=1S/C12H25NO2/c1-5-6-7-8-12(4,11(14)15)13-9-10(2)3/h10,13H,5-9H2,1-4H3,(H,14,15). The van der Waals surface area contributed by atoms with Gasteiger partial charge < -0.3 is 10.4 Å². The van der Waals surface area contributed by atoms with Gasteiger partial charge in [0.2, 0.25) is 0 Å². The van der Waals surface area contributed by atoms with Gasteiger partial charge in [-0.15, -0.1) is 0 Å². The average Bonchev–Trinajstić information content (AvgIpc) is 2.15. The number of nitrogens with one attached hydrogen (secondary N) is 1. The fourth-order valence-corrected chi connectivity index (χ4v) is 1.43. The molecule has 90 valence electrons. The molecule has 0 fully saturated rings. The van der Waals surface area contributed by atoms with Crippen molar-refractivity contribution in [1.82, 2.24) is 5.32 Å². The van der Waals surface area contributed by atoms with Gasteiger partial charge in [0.25, 0.3) is 0 Å². The Balaban J connectivity index is 4.13. The van der Waals surface area contributed by atoms with Crippen LogP contribution in [0.5, 0.6) is 0 Å². The van der Waals surface area contributed by atoms with E-state index in [-0.39, 0.29) is 0 Å². The predicted molar refractivity (Wildman–Crippen MR) is 63.0 cm³/mol. The molecule has 0 aliphatic carbocycles. The number of unbranched alkanes of at least 4 members (excludes halogenated alkanes) is 2. The zero-order valence-corrected chi connectivity index (χ0v) is 10.5. The van der Waals surface area contributed by atoms with Gasteiger partial charge in [0, 0.05) is 0 Å². The third kappa shape index (κ3) is 5.78. The minimum atomic E-state index is -0.751.